The van der Waals surface area contributed by atoms with Crippen LogP contribution in [0.3, 0.4) is 0 Å². The normalized spacial score (nSPS) is 10.2. The van der Waals surface area contributed by atoms with E-state index in [1.54, 1.807) is 18.2 Å². The van der Waals surface area contributed by atoms with Gasteiger partial charge in [0.15, 0.2) is 11.5 Å². The van der Waals surface area contributed by atoms with Crippen LogP contribution in [0.15, 0.2) is 24.3 Å². The van der Waals surface area contributed by atoms with Crippen LogP contribution in [0.4, 0.5) is 0 Å². The molecule has 0 bridgehead atoms. The first-order chi connectivity index (χ1) is 9.59. The molecule has 5 heteroatoms. The molecule has 0 radical (unpaired) electrons. The maximum absolute atomic E-state index is 11.5. The van der Waals surface area contributed by atoms with Gasteiger partial charge in [-0.3, -0.25) is 9.59 Å². The molecule has 0 atom stereocenters. The van der Waals surface area contributed by atoms with Crippen molar-refractivity contribution < 1.29 is 24.5 Å². The second-order valence-corrected chi connectivity index (χ2v) is 4.60. The molecule has 0 aliphatic heterocycles. The van der Waals surface area contributed by atoms with E-state index >= 15 is 0 Å². The lowest BCUT2D eigenvalue weighted by atomic mass is 10.1. The Morgan fingerprint density at radius 2 is 1.55 bits per heavy atom. The second-order valence-electron chi connectivity index (χ2n) is 4.60. The van der Waals surface area contributed by atoms with E-state index in [0.29, 0.717) is 19.3 Å². The molecule has 0 saturated heterocycles. The van der Waals surface area contributed by atoms with E-state index in [1.807, 2.05) is 0 Å². The van der Waals surface area contributed by atoms with Crippen LogP contribution in [0, 0.1) is 0 Å². The van der Waals surface area contributed by atoms with Gasteiger partial charge in [0, 0.05) is 12.8 Å². The van der Waals surface area contributed by atoms with E-state index in [1.165, 1.54) is 6.07 Å². The molecule has 1 aromatic carbocycles. The molecule has 20 heavy (non-hydrogen) atoms. The monoisotopic (exact) mass is 280 g/mol. The number of carbonyl (C=O) groups excluding carboxylic acids is 1. The predicted octanol–water partition coefficient (Wildman–Crippen LogP) is 3.11. The van der Waals surface area contributed by atoms with Gasteiger partial charge >= 0.3 is 11.9 Å². The molecule has 0 fully saturated rings. The zero-order valence-electron chi connectivity index (χ0n) is 11.4. The number of aliphatic carboxylic acids is 1. The number of carbonyl (C=O) groups is 2. The minimum absolute atomic E-state index is 0.0467. The van der Waals surface area contributed by atoms with Crippen LogP contribution in [0.25, 0.3) is 0 Å². The summed E-state index contributed by atoms with van der Waals surface area (Å²) < 4.78 is 5.04. The first kappa shape index (κ1) is 16.0. The van der Waals surface area contributed by atoms with Gasteiger partial charge in [-0.1, -0.05) is 31.4 Å². The van der Waals surface area contributed by atoms with Crippen molar-refractivity contribution in [2.45, 2.75) is 44.9 Å². The molecular formula is C15H20O5. The van der Waals surface area contributed by atoms with Crippen LogP contribution in [-0.4, -0.2) is 22.2 Å². The largest absolute Gasteiger partial charge is 0.504 e. The fraction of sp³-hybridized carbons (Fsp3) is 0.467. The average molecular weight is 280 g/mol. The van der Waals surface area contributed by atoms with Crippen LogP contribution in [0.5, 0.6) is 11.5 Å². The van der Waals surface area contributed by atoms with Crippen LogP contribution in [0.2, 0.25) is 0 Å². The highest BCUT2D eigenvalue weighted by molar-refractivity contribution is 5.73. The summed E-state index contributed by atoms with van der Waals surface area (Å²) in [4.78, 5) is 21.8. The number of para-hydroxylation sites is 2. The van der Waals surface area contributed by atoms with Gasteiger partial charge in [0.2, 0.25) is 0 Å². The fourth-order valence-corrected chi connectivity index (χ4v) is 1.79. The third-order valence-electron chi connectivity index (χ3n) is 2.86. The number of ether oxygens (including phenoxy) is 1. The Morgan fingerprint density at radius 3 is 2.20 bits per heavy atom. The second kappa shape index (κ2) is 8.96. The third-order valence-corrected chi connectivity index (χ3v) is 2.86. The Bertz CT molecular complexity index is 442. The van der Waals surface area contributed by atoms with Gasteiger partial charge in [-0.15, -0.1) is 0 Å². The summed E-state index contributed by atoms with van der Waals surface area (Å²) in [6.45, 7) is 0. The van der Waals surface area contributed by atoms with Crippen molar-refractivity contribution >= 4 is 11.9 Å². The molecule has 0 saturated carbocycles. The number of phenols is 1. The summed E-state index contributed by atoms with van der Waals surface area (Å²) >= 11 is 0. The topological polar surface area (TPSA) is 83.8 Å². The molecule has 0 aliphatic carbocycles. The summed E-state index contributed by atoms with van der Waals surface area (Å²) in [5, 5.41) is 17.9. The summed E-state index contributed by atoms with van der Waals surface area (Å²) in [6, 6.07) is 6.35. The molecular weight excluding hydrogens is 260 g/mol. The Hall–Kier alpha value is -2.04. The minimum atomic E-state index is -0.767. The smallest absolute Gasteiger partial charge is 0.311 e. The molecule has 0 heterocycles. The zero-order valence-corrected chi connectivity index (χ0v) is 11.4. The lowest BCUT2D eigenvalue weighted by Crippen LogP contribution is -2.07. The predicted molar refractivity (Wildman–Crippen MR) is 73.7 cm³/mol. The number of hydrogen-bond acceptors (Lipinski definition) is 4. The lowest BCUT2D eigenvalue weighted by molar-refractivity contribution is -0.137. The van der Waals surface area contributed by atoms with Crippen molar-refractivity contribution in [2.24, 2.45) is 0 Å². The molecule has 0 aliphatic rings. The standard InChI is InChI=1S/C15H20O5/c16-12-8-6-7-9-13(12)20-15(19)11-5-3-1-2-4-10-14(17)18/h6-9,16H,1-5,10-11H2,(H,17,18). The summed E-state index contributed by atoms with van der Waals surface area (Å²) in [5.41, 5.74) is 0. The number of carboxylic acid groups (broad SMARTS) is 1. The summed E-state index contributed by atoms with van der Waals surface area (Å²) in [7, 11) is 0. The van der Waals surface area contributed by atoms with E-state index < -0.39 is 5.97 Å². The summed E-state index contributed by atoms with van der Waals surface area (Å²) in [5.74, 6) is -0.998. The molecule has 0 unspecified atom stereocenters. The van der Waals surface area contributed by atoms with E-state index in [9.17, 15) is 14.7 Å². The number of rotatable bonds is 9. The van der Waals surface area contributed by atoms with Crippen molar-refractivity contribution in [1.29, 1.82) is 0 Å². The average Bonchev–Trinajstić information content (AvgIpc) is 2.40. The van der Waals surface area contributed by atoms with Gasteiger partial charge in [-0.2, -0.15) is 0 Å². The molecule has 0 amide bonds. The number of unbranched alkanes of at least 4 members (excludes halogenated alkanes) is 4. The van der Waals surface area contributed by atoms with Crippen molar-refractivity contribution in [2.75, 3.05) is 0 Å². The van der Waals surface area contributed by atoms with E-state index in [-0.39, 0.29) is 23.9 Å². The Labute approximate surface area is 118 Å². The zero-order chi connectivity index (χ0) is 14.8. The van der Waals surface area contributed by atoms with Crippen LogP contribution in [0.1, 0.15) is 44.9 Å². The van der Waals surface area contributed by atoms with Gasteiger partial charge in [0.1, 0.15) is 0 Å². The van der Waals surface area contributed by atoms with Gasteiger partial charge < -0.3 is 14.9 Å². The Balaban J connectivity index is 2.09. The van der Waals surface area contributed by atoms with Crippen LogP contribution < -0.4 is 4.74 Å². The van der Waals surface area contributed by atoms with Crippen molar-refractivity contribution in [1.82, 2.24) is 0 Å². The number of benzene rings is 1. The molecule has 110 valence electrons. The SMILES string of the molecule is O=C(O)CCCCCCCC(=O)Oc1ccccc1O. The number of carboxylic acids is 1. The van der Waals surface area contributed by atoms with Gasteiger partial charge in [0.05, 0.1) is 0 Å². The highest BCUT2D eigenvalue weighted by Crippen LogP contribution is 2.24. The number of esters is 1. The fourth-order valence-electron chi connectivity index (χ4n) is 1.79. The van der Waals surface area contributed by atoms with E-state index in [4.69, 9.17) is 9.84 Å². The summed E-state index contributed by atoms with van der Waals surface area (Å²) in [6.07, 6.45) is 4.53. The molecule has 0 aromatic heterocycles. The molecule has 5 nitrogen and oxygen atoms in total. The van der Waals surface area contributed by atoms with Gasteiger partial charge in [-0.05, 0) is 25.0 Å². The number of hydrogen-bond donors (Lipinski definition) is 2. The maximum Gasteiger partial charge on any atom is 0.311 e. The maximum atomic E-state index is 11.5. The highest BCUT2D eigenvalue weighted by Gasteiger charge is 2.07. The molecule has 1 rings (SSSR count). The first-order valence-corrected chi connectivity index (χ1v) is 6.80. The van der Waals surface area contributed by atoms with Crippen molar-refractivity contribution in [3.8, 4) is 11.5 Å². The highest BCUT2D eigenvalue weighted by atomic mass is 16.5. The number of aromatic hydroxyl groups is 1. The third kappa shape index (κ3) is 6.78. The molecule has 2 N–H and O–H groups in total. The Kier molecular flexibility index (Phi) is 7.17. The van der Waals surface area contributed by atoms with Gasteiger partial charge in [-0.25, -0.2) is 0 Å². The Morgan fingerprint density at radius 1 is 0.950 bits per heavy atom. The van der Waals surface area contributed by atoms with E-state index in [2.05, 4.69) is 0 Å². The number of phenolic OH excluding ortho intramolecular Hbond substituents is 1. The van der Waals surface area contributed by atoms with Crippen LogP contribution >= 0.6 is 0 Å². The van der Waals surface area contributed by atoms with Crippen molar-refractivity contribution in [3.05, 3.63) is 24.3 Å². The van der Waals surface area contributed by atoms with Crippen LogP contribution in [-0.2, 0) is 9.59 Å². The molecule has 1 aromatic rings. The minimum Gasteiger partial charge on any atom is -0.504 e. The van der Waals surface area contributed by atoms with Gasteiger partial charge in [0.25, 0.3) is 0 Å². The molecule has 0 spiro atoms. The quantitative estimate of drug-likeness (QED) is 0.412. The first-order valence-electron chi connectivity index (χ1n) is 6.80. The lowest BCUT2D eigenvalue weighted by Gasteiger charge is -2.05. The van der Waals surface area contributed by atoms with Crippen molar-refractivity contribution in [3.63, 3.8) is 0 Å². The van der Waals surface area contributed by atoms with E-state index in [0.717, 1.165) is 19.3 Å².